The zero-order valence-corrected chi connectivity index (χ0v) is 10.7. The van der Waals surface area contributed by atoms with Crippen LogP contribution in [-0.2, 0) is 0 Å². The second-order valence-corrected chi connectivity index (χ2v) is 6.44. The van der Waals surface area contributed by atoms with Crippen LogP contribution in [0.15, 0.2) is 24.4 Å². The third kappa shape index (κ3) is 1.81. The minimum Gasteiger partial charge on any atom is -0.306 e. The number of pyridine rings is 1. The molecule has 1 aromatic heterocycles. The summed E-state index contributed by atoms with van der Waals surface area (Å²) in [5.41, 5.74) is 6.88. The third-order valence-corrected chi connectivity index (χ3v) is 5.26. The Hall–Kier alpha value is -1.09. The van der Waals surface area contributed by atoms with Crippen LogP contribution >= 0.6 is 0 Å². The summed E-state index contributed by atoms with van der Waals surface area (Å²) in [6.45, 7) is 0. The summed E-state index contributed by atoms with van der Waals surface area (Å²) in [6.07, 6.45) is 9.17. The number of hydrogen-bond donors (Lipinski definition) is 2. The molecule has 4 saturated carbocycles. The predicted octanol–water partition coefficient (Wildman–Crippen LogP) is 2.82. The molecule has 5 rings (SSSR count). The summed E-state index contributed by atoms with van der Waals surface area (Å²) in [6, 6.07) is 6.66. The number of aromatic nitrogens is 1. The molecule has 0 atom stereocenters. The number of nitrogens with zero attached hydrogens (tertiary/aromatic N) is 1. The number of nitrogens with one attached hydrogen (secondary N) is 2. The fraction of sp³-hybridized carbons (Fsp3) is 0.667. The van der Waals surface area contributed by atoms with E-state index in [2.05, 4.69) is 15.8 Å². The lowest BCUT2D eigenvalue weighted by Gasteiger charge is -2.54. The van der Waals surface area contributed by atoms with Crippen LogP contribution in [0.2, 0.25) is 0 Å². The second kappa shape index (κ2) is 4.23. The van der Waals surface area contributed by atoms with Crippen LogP contribution in [0.3, 0.4) is 0 Å². The summed E-state index contributed by atoms with van der Waals surface area (Å²) in [7, 11) is 0. The normalized spacial score (nSPS) is 41.0. The van der Waals surface area contributed by atoms with E-state index in [1.165, 1.54) is 32.1 Å². The Labute approximate surface area is 108 Å². The maximum Gasteiger partial charge on any atom is 0.140 e. The predicted molar refractivity (Wildman–Crippen MR) is 71.8 cm³/mol. The monoisotopic (exact) mass is 243 g/mol. The van der Waals surface area contributed by atoms with Gasteiger partial charge in [-0.2, -0.15) is 0 Å². The fourth-order valence-corrected chi connectivity index (χ4v) is 4.75. The molecule has 1 aromatic rings. The van der Waals surface area contributed by atoms with Gasteiger partial charge in [-0.25, -0.2) is 10.4 Å². The van der Waals surface area contributed by atoms with Gasteiger partial charge in [-0.05, 0) is 67.9 Å². The first-order valence-electron chi connectivity index (χ1n) is 7.31. The largest absolute Gasteiger partial charge is 0.306 e. The topological polar surface area (TPSA) is 37.0 Å². The molecule has 0 unspecified atom stereocenters. The standard InChI is InChI=1S/C15H21N3/c1-2-4-16-14(3-1)17-18-15-12-6-10-5-11(8-12)9-13(15)7-10/h1-4,10-13,15,18H,5-9H2,(H,16,17). The minimum absolute atomic E-state index is 0.666. The molecule has 0 saturated heterocycles. The maximum absolute atomic E-state index is 4.31. The molecule has 3 heteroatoms. The number of hydrogen-bond acceptors (Lipinski definition) is 3. The minimum atomic E-state index is 0.666. The average Bonchev–Trinajstić information content (AvgIpc) is 2.38. The van der Waals surface area contributed by atoms with Crippen molar-refractivity contribution in [3.05, 3.63) is 24.4 Å². The number of hydrazine groups is 1. The zero-order valence-electron chi connectivity index (χ0n) is 10.7. The molecule has 4 aliphatic rings. The fourth-order valence-electron chi connectivity index (χ4n) is 4.75. The number of anilines is 1. The van der Waals surface area contributed by atoms with E-state index < -0.39 is 0 Å². The van der Waals surface area contributed by atoms with E-state index in [9.17, 15) is 0 Å². The second-order valence-electron chi connectivity index (χ2n) is 6.44. The van der Waals surface area contributed by atoms with Crippen molar-refractivity contribution in [1.29, 1.82) is 0 Å². The quantitative estimate of drug-likeness (QED) is 0.802. The van der Waals surface area contributed by atoms with Gasteiger partial charge in [0.1, 0.15) is 5.82 Å². The van der Waals surface area contributed by atoms with E-state index in [-0.39, 0.29) is 0 Å². The molecule has 0 radical (unpaired) electrons. The molecule has 2 N–H and O–H groups in total. The lowest BCUT2D eigenvalue weighted by molar-refractivity contribution is -0.0110. The van der Waals surface area contributed by atoms with Crippen LogP contribution in [0.1, 0.15) is 32.1 Å². The summed E-state index contributed by atoms with van der Waals surface area (Å²) in [4.78, 5) is 4.31. The highest BCUT2D eigenvalue weighted by molar-refractivity contribution is 5.31. The molecule has 0 aliphatic heterocycles. The van der Waals surface area contributed by atoms with Crippen molar-refractivity contribution in [3.63, 3.8) is 0 Å². The van der Waals surface area contributed by atoms with Gasteiger partial charge in [0, 0.05) is 12.2 Å². The third-order valence-electron chi connectivity index (χ3n) is 5.26. The van der Waals surface area contributed by atoms with Gasteiger partial charge in [-0.1, -0.05) is 6.07 Å². The van der Waals surface area contributed by atoms with E-state index in [0.29, 0.717) is 6.04 Å². The Morgan fingerprint density at radius 2 is 1.67 bits per heavy atom. The summed E-state index contributed by atoms with van der Waals surface area (Å²) in [5.74, 6) is 4.82. The van der Waals surface area contributed by atoms with Gasteiger partial charge in [0.2, 0.25) is 0 Å². The lowest BCUT2D eigenvalue weighted by atomic mass is 9.54. The van der Waals surface area contributed by atoms with Crippen LogP contribution in [0.5, 0.6) is 0 Å². The van der Waals surface area contributed by atoms with Crippen LogP contribution in [-0.4, -0.2) is 11.0 Å². The SMILES string of the molecule is c1ccc(NNC2C3CC4CC(C3)CC2C4)nc1. The highest BCUT2D eigenvalue weighted by atomic mass is 15.4. The lowest BCUT2D eigenvalue weighted by Crippen LogP contribution is -2.55. The van der Waals surface area contributed by atoms with Crippen molar-refractivity contribution in [2.45, 2.75) is 38.1 Å². The first kappa shape index (κ1) is 10.8. The van der Waals surface area contributed by atoms with Crippen molar-refractivity contribution in [2.24, 2.45) is 23.7 Å². The van der Waals surface area contributed by atoms with Crippen LogP contribution in [0.25, 0.3) is 0 Å². The van der Waals surface area contributed by atoms with Gasteiger partial charge in [0.25, 0.3) is 0 Å². The van der Waals surface area contributed by atoms with Gasteiger partial charge in [0.15, 0.2) is 0 Å². The van der Waals surface area contributed by atoms with Crippen molar-refractivity contribution in [2.75, 3.05) is 5.43 Å². The highest BCUT2D eigenvalue weighted by Gasteiger charge is 2.48. The van der Waals surface area contributed by atoms with Gasteiger partial charge in [-0.15, -0.1) is 0 Å². The van der Waals surface area contributed by atoms with Crippen LogP contribution < -0.4 is 10.9 Å². The van der Waals surface area contributed by atoms with Gasteiger partial charge >= 0.3 is 0 Å². The molecule has 0 aromatic carbocycles. The highest BCUT2D eigenvalue weighted by Crippen LogP contribution is 2.53. The summed E-state index contributed by atoms with van der Waals surface area (Å²) in [5, 5.41) is 0. The smallest absolute Gasteiger partial charge is 0.140 e. The zero-order chi connectivity index (χ0) is 11.9. The molecule has 96 valence electrons. The van der Waals surface area contributed by atoms with Crippen LogP contribution in [0, 0.1) is 23.7 Å². The molecule has 0 amide bonds. The molecule has 4 bridgehead atoms. The average molecular weight is 243 g/mol. The van der Waals surface area contributed by atoms with Gasteiger partial charge < -0.3 is 5.43 Å². The first-order valence-corrected chi connectivity index (χ1v) is 7.31. The molecule has 0 spiro atoms. The van der Waals surface area contributed by atoms with E-state index in [1.807, 2.05) is 24.4 Å². The molecule has 4 fully saturated rings. The van der Waals surface area contributed by atoms with Crippen LogP contribution in [0.4, 0.5) is 5.82 Å². The van der Waals surface area contributed by atoms with E-state index >= 15 is 0 Å². The van der Waals surface area contributed by atoms with Gasteiger partial charge in [-0.3, -0.25) is 0 Å². The van der Waals surface area contributed by atoms with Crippen molar-refractivity contribution >= 4 is 5.82 Å². The number of rotatable bonds is 3. The van der Waals surface area contributed by atoms with E-state index in [1.54, 1.807) is 0 Å². The van der Waals surface area contributed by atoms with E-state index in [4.69, 9.17) is 0 Å². The first-order chi connectivity index (χ1) is 8.88. The molecule has 3 nitrogen and oxygen atoms in total. The van der Waals surface area contributed by atoms with Crippen molar-refractivity contribution in [1.82, 2.24) is 10.4 Å². The molecule has 18 heavy (non-hydrogen) atoms. The Kier molecular flexibility index (Phi) is 2.54. The molecular formula is C15H21N3. The maximum atomic E-state index is 4.31. The van der Waals surface area contributed by atoms with E-state index in [0.717, 1.165) is 29.5 Å². The molecule has 4 aliphatic carbocycles. The Balaban J connectivity index is 1.43. The Bertz CT molecular complexity index is 389. The Morgan fingerprint density at radius 1 is 0.944 bits per heavy atom. The van der Waals surface area contributed by atoms with Crippen molar-refractivity contribution < 1.29 is 0 Å². The van der Waals surface area contributed by atoms with Gasteiger partial charge in [0.05, 0.1) is 0 Å². The molecular weight excluding hydrogens is 222 g/mol. The Morgan fingerprint density at radius 3 is 2.28 bits per heavy atom. The van der Waals surface area contributed by atoms with Crippen molar-refractivity contribution in [3.8, 4) is 0 Å². The summed E-state index contributed by atoms with van der Waals surface area (Å²) < 4.78 is 0. The summed E-state index contributed by atoms with van der Waals surface area (Å²) >= 11 is 0. The molecule has 1 heterocycles.